The van der Waals surface area contributed by atoms with E-state index in [9.17, 15) is 5.11 Å². The Labute approximate surface area is 88.8 Å². The summed E-state index contributed by atoms with van der Waals surface area (Å²) in [5.74, 6) is 0. The van der Waals surface area contributed by atoms with E-state index >= 15 is 0 Å². The number of aliphatic hydroxyl groups excluding tert-OH is 1. The predicted octanol–water partition coefficient (Wildman–Crippen LogP) is 2.22. The van der Waals surface area contributed by atoms with Crippen LogP contribution < -0.4 is 5.73 Å². The molecule has 0 bridgehead atoms. The quantitative estimate of drug-likeness (QED) is 0.805. The monoisotopic (exact) mass is 211 g/mol. The Balaban J connectivity index is 2.18. The zero-order chi connectivity index (χ0) is 10.2. The van der Waals surface area contributed by atoms with E-state index in [-0.39, 0.29) is 11.5 Å². The smallest absolute Gasteiger partial charge is 0.0866 e. The molecule has 1 aromatic heterocycles. The third-order valence-electron chi connectivity index (χ3n) is 3.40. The number of hydrogen-bond acceptors (Lipinski definition) is 3. The van der Waals surface area contributed by atoms with Crippen molar-refractivity contribution in [1.29, 1.82) is 0 Å². The van der Waals surface area contributed by atoms with Crippen molar-refractivity contribution in [3.8, 4) is 0 Å². The maximum Gasteiger partial charge on any atom is 0.0866 e. The minimum absolute atomic E-state index is 0.0203. The summed E-state index contributed by atoms with van der Waals surface area (Å²) < 4.78 is 0. The largest absolute Gasteiger partial charge is 0.388 e. The molecule has 0 radical (unpaired) electrons. The van der Waals surface area contributed by atoms with Crippen molar-refractivity contribution in [3.05, 3.63) is 21.9 Å². The van der Waals surface area contributed by atoms with Gasteiger partial charge in [0.25, 0.3) is 0 Å². The number of rotatable bonds is 3. The molecule has 14 heavy (non-hydrogen) atoms. The summed E-state index contributed by atoms with van der Waals surface area (Å²) in [6, 6.07) is 2.07. The van der Waals surface area contributed by atoms with Gasteiger partial charge in [0.1, 0.15) is 0 Å². The second-order valence-electron chi connectivity index (χ2n) is 4.31. The molecule has 1 heterocycles. The van der Waals surface area contributed by atoms with Gasteiger partial charge >= 0.3 is 0 Å². The molecule has 1 aliphatic carbocycles. The Hall–Kier alpha value is -0.380. The fourth-order valence-electron chi connectivity index (χ4n) is 2.18. The van der Waals surface area contributed by atoms with Gasteiger partial charge in [-0.3, -0.25) is 0 Å². The first kappa shape index (κ1) is 10.1. The number of aliphatic hydroxyl groups is 1. The van der Waals surface area contributed by atoms with Gasteiger partial charge in [-0.25, -0.2) is 0 Å². The van der Waals surface area contributed by atoms with Crippen LogP contribution in [0.25, 0.3) is 0 Å². The van der Waals surface area contributed by atoms with Crippen LogP contribution in [0.1, 0.15) is 35.8 Å². The van der Waals surface area contributed by atoms with Crippen molar-refractivity contribution in [2.24, 2.45) is 11.1 Å². The lowest BCUT2D eigenvalue weighted by Gasteiger charge is -2.44. The van der Waals surface area contributed by atoms with Crippen molar-refractivity contribution < 1.29 is 5.11 Å². The lowest BCUT2D eigenvalue weighted by Crippen LogP contribution is -2.42. The summed E-state index contributed by atoms with van der Waals surface area (Å²) in [5.41, 5.74) is 6.79. The van der Waals surface area contributed by atoms with E-state index in [2.05, 4.69) is 18.4 Å². The summed E-state index contributed by atoms with van der Waals surface area (Å²) in [4.78, 5) is 1.26. The van der Waals surface area contributed by atoms with E-state index in [1.165, 1.54) is 11.3 Å². The lowest BCUT2D eigenvalue weighted by molar-refractivity contribution is -0.0294. The van der Waals surface area contributed by atoms with Gasteiger partial charge in [-0.2, -0.15) is 0 Å². The van der Waals surface area contributed by atoms with Gasteiger partial charge in [-0.15, -0.1) is 11.3 Å². The van der Waals surface area contributed by atoms with Crippen LogP contribution in [0.15, 0.2) is 11.4 Å². The molecule has 1 aliphatic rings. The van der Waals surface area contributed by atoms with Crippen LogP contribution in [-0.4, -0.2) is 11.7 Å². The van der Waals surface area contributed by atoms with Crippen molar-refractivity contribution in [2.75, 3.05) is 6.54 Å². The highest BCUT2D eigenvalue weighted by molar-refractivity contribution is 7.10. The lowest BCUT2D eigenvalue weighted by atomic mass is 9.64. The standard InChI is InChI=1S/C11H17NOS/c1-8-5-9(6-14-8)10(13)11(7-12)3-2-4-11/h5-6,10,13H,2-4,7,12H2,1H3. The molecule has 1 saturated carbocycles. The van der Waals surface area contributed by atoms with Gasteiger partial charge in [-0.1, -0.05) is 6.42 Å². The zero-order valence-electron chi connectivity index (χ0n) is 8.49. The van der Waals surface area contributed by atoms with Crippen molar-refractivity contribution in [3.63, 3.8) is 0 Å². The Morgan fingerprint density at radius 3 is 2.71 bits per heavy atom. The average molecular weight is 211 g/mol. The average Bonchev–Trinajstić information content (AvgIpc) is 2.50. The molecule has 3 heteroatoms. The van der Waals surface area contributed by atoms with Gasteiger partial charge in [0.15, 0.2) is 0 Å². The minimum atomic E-state index is -0.355. The number of thiophene rings is 1. The molecule has 0 amide bonds. The van der Waals surface area contributed by atoms with Crippen molar-refractivity contribution >= 4 is 11.3 Å². The third kappa shape index (κ3) is 1.49. The van der Waals surface area contributed by atoms with Crippen LogP contribution in [0.4, 0.5) is 0 Å². The summed E-state index contributed by atoms with van der Waals surface area (Å²) in [6.45, 7) is 2.67. The van der Waals surface area contributed by atoms with Crippen LogP contribution >= 0.6 is 11.3 Å². The molecule has 1 unspecified atom stereocenters. The zero-order valence-corrected chi connectivity index (χ0v) is 9.31. The van der Waals surface area contributed by atoms with Gasteiger partial charge in [0, 0.05) is 16.8 Å². The van der Waals surface area contributed by atoms with E-state index in [1.54, 1.807) is 11.3 Å². The Kier molecular flexibility index (Phi) is 2.64. The van der Waals surface area contributed by atoms with Crippen molar-refractivity contribution in [2.45, 2.75) is 32.3 Å². The first-order chi connectivity index (χ1) is 6.68. The number of aryl methyl sites for hydroxylation is 1. The number of hydrogen-bond donors (Lipinski definition) is 2. The molecule has 0 aromatic carbocycles. The minimum Gasteiger partial charge on any atom is -0.388 e. The highest BCUT2D eigenvalue weighted by Gasteiger charge is 2.43. The summed E-state index contributed by atoms with van der Waals surface area (Å²) in [7, 11) is 0. The summed E-state index contributed by atoms with van der Waals surface area (Å²) in [5, 5.41) is 12.3. The van der Waals surface area contributed by atoms with Crippen LogP contribution in [0.2, 0.25) is 0 Å². The van der Waals surface area contributed by atoms with Crippen LogP contribution in [0.5, 0.6) is 0 Å². The maximum absolute atomic E-state index is 10.2. The van der Waals surface area contributed by atoms with Gasteiger partial charge in [0.05, 0.1) is 6.10 Å². The van der Waals surface area contributed by atoms with E-state index in [0.717, 1.165) is 18.4 Å². The molecule has 0 saturated heterocycles. The van der Waals surface area contributed by atoms with E-state index in [1.807, 2.05) is 0 Å². The van der Waals surface area contributed by atoms with E-state index < -0.39 is 0 Å². The van der Waals surface area contributed by atoms with E-state index in [0.29, 0.717) is 6.54 Å². The molecule has 2 rings (SSSR count). The van der Waals surface area contributed by atoms with Crippen molar-refractivity contribution in [1.82, 2.24) is 0 Å². The molecule has 0 aliphatic heterocycles. The molecule has 78 valence electrons. The predicted molar refractivity (Wildman–Crippen MR) is 59.4 cm³/mol. The molecule has 3 N–H and O–H groups in total. The Bertz CT molecular complexity index is 311. The molecule has 2 nitrogen and oxygen atoms in total. The fourth-order valence-corrected chi connectivity index (χ4v) is 2.90. The molecule has 1 atom stereocenters. The fraction of sp³-hybridized carbons (Fsp3) is 0.636. The van der Waals surface area contributed by atoms with Gasteiger partial charge in [-0.05, 0) is 36.8 Å². The first-order valence-electron chi connectivity index (χ1n) is 5.11. The Morgan fingerprint density at radius 2 is 2.36 bits per heavy atom. The maximum atomic E-state index is 10.2. The Morgan fingerprint density at radius 1 is 1.64 bits per heavy atom. The molecular weight excluding hydrogens is 194 g/mol. The van der Waals surface area contributed by atoms with Crippen LogP contribution in [0.3, 0.4) is 0 Å². The molecular formula is C11H17NOS. The van der Waals surface area contributed by atoms with Gasteiger partial charge < -0.3 is 10.8 Å². The molecule has 1 aromatic rings. The summed E-state index contributed by atoms with van der Waals surface area (Å²) >= 11 is 1.69. The third-order valence-corrected chi connectivity index (χ3v) is 4.28. The summed E-state index contributed by atoms with van der Waals surface area (Å²) in [6.07, 6.45) is 2.99. The SMILES string of the molecule is Cc1cc(C(O)C2(CN)CCC2)cs1. The second kappa shape index (κ2) is 3.65. The van der Waals surface area contributed by atoms with Gasteiger partial charge in [0.2, 0.25) is 0 Å². The second-order valence-corrected chi connectivity index (χ2v) is 5.43. The van der Waals surface area contributed by atoms with E-state index in [4.69, 9.17) is 5.73 Å². The highest BCUT2D eigenvalue weighted by atomic mass is 32.1. The molecule has 1 fully saturated rings. The number of nitrogens with two attached hydrogens (primary N) is 1. The van der Waals surface area contributed by atoms with Crippen LogP contribution in [-0.2, 0) is 0 Å². The first-order valence-corrected chi connectivity index (χ1v) is 5.99. The molecule has 0 spiro atoms. The topological polar surface area (TPSA) is 46.2 Å². The van der Waals surface area contributed by atoms with Crippen LogP contribution in [0, 0.1) is 12.3 Å². The highest BCUT2D eigenvalue weighted by Crippen LogP contribution is 2.49. The normalized spacial score (nSPS) is 21.6.